The van der Waals surface area contributed by atoms with Crippen LogP contribution < -0.4 is 0 Å². The molecule has 0 amide bonds. The summed E-state index contributed by atoms with van der Waals surface area (Å²) in [5, 5.41) is 2.09. The van der Waals surface area contributed by atoms with E-state index in [0.29, 0.717) is 5.92 Å². The quantitative estimate of drug-likeness (QED) is 0.542. The zero-order valence-electron chi connectivity index (χ0n) is 14.1. The van der Waals surface area contributed by atoms with Gasteiger partial charge in [-0.2, -0.15) is 0 Å². The number of unbranched alkanes of at least 4 members (excludes halogenated alkanes) is 1. The number of hydrogen-bond acceptors (Lipinski definition) is 0. The highest BCUT2D eigenvalue weighted by Crippen LogP contribution is 2.34. The molecule has 120 valence electrons. The molecule has 1 heterocycles. The van der Waals surface area contributed by atoms with E-state index in [1.807, 2.05) is 6.07 Å². The van der Waals surface area contributed by atoms with Gasteiger partial charge in [-0.3, -0.25) is 0 Å². The van der Waals surface area contributed by atoms with Crippen molar-refractivity contribution in [2.45, 2.75) is 46.0 Å². The van der Waals surface area contributed by atoms with Crippen molar-refractivity contribution in [1.29, 1.82) is 0 Å². The van der Waals surface area contributed by atoms with Crippen LogP contribution in [0.3, 0.4) is 0 Å². The SMILES string of the molecule is CCCCc1c([C@@H](C)c2ccc(C)cc2)[nH]c2ccc(Cl)cc12. The Balaban J connectivity index is 2.09. The van der Waals surface area contributed by atoms with Gasteiger partial charge in [-0.15, -0.1) is 0 Å². The lowest BCUT2D eigenvalue weighted by molar-refractivity contribution is 0.775. The van der Waals surface area contributed by atoms with E-state index in [1.165, 1.54) is 46.1 Å². The minimum Gasteiger partial charge on any atom is -0.358 e. The van der Waals surface area contributed by atoms with Crippen molar-refractivity contribution in [2.24, 2.45) is 0 Å². The van der Waals surface area contributed by atoms with Crippen LogP contribution in [0.2, 0.25) is 5.02 Å². The molecular weight excluding hydrogens is 302 g/mol. The standard InChI is InChI=1S/C21H24ClN/c1-4-5-6-18-19-13-17(22)11-12-20(19)23-21(18)15(3)16-9-7-14(2)8-10-16/h7-13,15,23H,4-6H2,1-3H3/t15-/m0/s1. The fourth-order valence-corrected chi connectivity index (χ4v) is 3.43. The van der Waals surface area contributed by atoms with Crippen molar-refractivity contribution in [3.8, 4) is 0 Å². The number of fused-ring (bicyclic) bond motifs is 1. The lowest BCUT2D eigenvalue weighted by Crippen LogP contribution is -2.01. The molecule has 0 saturated carbocycles. The second-order valence-corrected chi connectivity index (χ2v) is 6.88. The molecule has 2 heteroatoms. The first kappa shape index (κ1) is 16.1. The summed E-state index contributed by atoms with van der Waals surface area (Å²) < 4.78 is 0. The van der Waals surface area contributed by atoms with E-state index in [1.54, 1.807) is 0 Å². The number of rotatable bonds is 5. The van der Waals surface area contributed by atoms with Gasteiger partial charge in [-0.25, -0.2) is 0 Å². The molecule has 0 spiro atoms. The summed E-state index contributed by atoms with van der Waals surface area (Å²) in [5.74, 6) is 0.355. The fraction of sp³-hybridized carbons (Fsp3) is 0.333. The van der Waals surface area contributed by atoms with Gasteiger partial charge in [-0.1, -0.05) is 61.7 Å². The molecule has 1 N–H and O–H groups in total. The number of hydrogen-bond donors (Lipinski definition) is 1. The van der Waals surface area contributed by atoms with Gasteiger partial charge in [0, 0.05) is 27.5 Å². The molecule has 0 aliphatic rings. The molecule has 1 aromatic heterocycles. The predicted octanol–water partition coefficient (Wildman–Crippen LogP) is 6.62. The summed E-state index contributed by atoms with van der Waals surface area (Å²) >= 11 is 6.23. The minimum absolute atomic E-state index is 0.355. The Labute approximate surface area is 143 Å². The van der Waals surface area contributed by atoms with Gasteiger partial charge in [0.2, 0.25) is 0 Å². The second-order valence-electron chi connectivity index (χ2n) is 6.44. The maximum atomic E-state index is 6.23. The molecule has 1 atom stereocenters. The molecule has 0 bridgehead atoms. The van der Waals surface area contributed by atoms with E-state index in [2.05, 4.69) is 62.2 Å². The fourth-order valence-electron chi connectivity index (χ4n) is 3.26. The first-order valence-corrected chi connectivity index (χ1v) is 8.84. The summed E-state index contributed by atoms with van der Waals surface area (Å²) in [6, 6.07) is 15.0. The van der Waals surface area contributed by atoms with Gasteiger partial charge < -0.3 is 4.98 Å². The van der Waals surface area contributed by atoms with Crippen molar-refractivity contribution in [3.63, 3.8) is 0 Å². The van der Waals surface area contributed by atoms with Crippen molar-refractivity contribution in [2.75, 3.05) is 0 Å². The number of nitrogens with one attached hydrogen (secondary N) is 1. The third-order valence-electron chi connectivity index (χ3n) is 4.69. The van der Waals surface area contributed by atoms with Crippen molar-refractivity contribution in [1.82, 2.24) is 4.98 Å². The molecule has 0 fully saturated rings. The van der Waals surface area contributed by atoms with Crippen LogP contribution in [0.4, 0.5) is 0 Å². The Morgan fingerprint density at radius 3 is 2.52 bits per heavy atom. The zero-order chi connectivity index (χ0) is 16.4. The lowest BCUT2D eigenvalue weighted by Gasteiger charge is -2.14. The summed E-state index contributed by atoms with van der Waals surface area (Å²) in [6.45, 7) is 6.66. The molecule has 3 rings (SSSR count). The van der Waals surface area contributed by atoms with Gasteiger partial charge in [0.05, 0.1) is 0 Å². The summed E-state index contributed by atoms with van der Waals surface area (Å²) in [5.41, 5.74) is 6.60. The molecule has 0 radical (unpaired) electrons. The number of H-pyrrole nitrogens is 1. The van der Waals surface area contributed by atoms with Crippen LogP contribution in [-0.2, 0) is 6.42 Å². The largest absolute Gasteiger partial charge is 0.358 e. The van der Waals surface area contributed by atoms with E-state index in [9.17, 15) is 0 Å². The highest BCUT2D eigenvalue weighted by atomic mass is 35.5. The van der Waals surface area contributed by atoms with Crippen molar-refractivity contribution in [3.05, 3.63) is 69.9 Å². The van der Waals surface area contributed by atoms with Gasteiger partial charge >= 0.3 is 0 Å². The van der Waals surface area contributed by atoms with Crippen LogP contribution in [0.15, 0.2) is 42.5 Å². The smallest absolute Gasteiger partial charge is 0.0460 e. The van der Waals surface area contributed by atoms with Gasteiger partial charge in [0.1, 0.15) is 0 Å². The van der Waals surface area contributed by atoms with Crippen LogP contribution in [0, 0.1) is 6.92 Å². The summed E-state index contributed by atoms with van der Waals surface area (Å²) in [7, 11) is 0. The van der Waals surface area contributed by atoms with E-state index >= 15 is 0 Å². The lowest BCUT2D eigenvalue weighted by atomic mass is 9.92. The molecule has 3 aromatic rings. The van der Waals surface area contributed by atoms with Crippen LogP contribution in [0.1, 0.15) is 55.0 Å². The molecular formula is C21H24ClN. The van der Waals surface area contributed by atoms with E-state index < -0.39 is 0 Å². The highest BCUT2D eigenvalue weighted by molar-refractivity contribution is 6.31. The topological polar surface area (TPSA) is 15.8 Å². The Bertz CT molecular complexity index is 799. The Kier molecular flexibility index (Phi) is 4.77. The second kappa shape index (κ2) is 6.80. The van der Waals surface area contributed by atoms with Gasteiger partial charge in [-0.05, 0) is 49.1 Å². The van der Waals surface area contributed by atoms with E-state index in [4.69, 9.17) is 11.6 Å². The maximum Gasteiger partial charge on any atom is 0.0460 e. The van der Waals surface area contributed by atoms with E-state index in [0.717, 1.165) is 11.4 Å². The molecule has 0 aliphatic heterocycles. The van der Waals surface area contributed by atoms with Crippen LogP contribution in [-0.4, -0.2) is 4.98 Å². The Morgan fingerprint density at radius 2 is 1.83 bits per heavy atom. The minimum atomic E-state index is 0.355. The normalized spacial score (nSPS) is 12.7. The van der Waals surface area contributed by atoms with Crippen molar-refractivity contribution < 1.29 is 0 Å². The predicted molar refractivity (Wildman–Crippen MR) is 101 cm³/mol. The summed E-state index contributed by atoms with van der Waals surface area (Å²) in [6.07, 6.45) is 3.50. The first-order valence-electron chi connectivity index (χ1n) is 8.46. The zero-order valence-corrected chi connectivity index (χ0v) is 14.9. The number of aromatic nitrogens is 1. The Morgan fingerprint density at radius 1 is 1.09 bits per heavy atom. The molecule has 0 saturated heterocycles. The first-order chi connectivity index (χ1) is 11.1. The average Bonchev–Trinajstić information content (AvgIpc) is 2.90. The van der Waals surface area contributed by atoms with E-state index in [-0.39, 0.29) is 0 Å². The molecule has 23 heavy (non-hydrogen) atoms. The third kappa shape index (κ3) is 3.30. The third-order valence-corrected chi connectivity index (χ3v) is 4.93. The maximum absolute atomic E-state index is 6.23. The van der Waals surface area contributed by atoms with Gasteiger partial charge in [0.25, 0.3) is 0 Å². The number of aryl methyl sites for hydroxylation is 2. The monoisotopic (exact) mass is 325 g/mol. The molecule has 2 aromatic carbocycles. The average molecular weight is 326 g/mol. The molecule has 0 unspecified atom stereocenters. The summed E-state index contributed by atoms with van der Waals surface area (Å²) in [4.78, 5) is 3.65. The van der Waals surface area contributed by atoms with Gasteiger partial charge in [0.15, 0.2) is 0 Å². The van der Waals surface area contributed by atoms with Crippen LogP contribution in [0.25, 0.3) is 10.9 Å². The van der Waals surface area contributed by atoms with Crippen LogP contribution in [0.5, 0.6) is 0 Å². The number of aromatic amines is 1. The number of halogens is 1. The van der Waals surface area contributed by atoms with Crippen LogP contribution >= 0.6 is 11.6 Å². The Hall–Kier alpha value is -1.73. The highest BCUT2D eigenvalue weighted by Gasteiger charge is 2.18. The molecule has 0 aliphatic carbocycles. The van der Waals surface area contributed by atoms with Crippen molar-refractivity contribution >= 4 is 22.5 Å². The number of benzene rings is 2. The molecule has 1 nitrogen and oxygen atoms in total.